The summed E-state index contributed by atoms with van der Waals surface area (Å²) in [6.07, 6.45) is 0. The Bertz CT molecular complexity index is 27.2. The van der Waals surface area contributed by atoms with Gasteiger partial charge in [0.15, 0.2) is 0 Å². The molecule has 0 aromatic carbocycles. The molecule has 1 nitrogen and oxygen atoms in total. The first-order valence-electron chi connectivity index (χ1n) is 1.34. The van der Waals surface area contributed by atoms with Gasteiger partial charge in [-0.3, -0.25) is 0 Å². The van der Waals surface area contributed by atoms with Gasteiger partial charge >= 0.3 is 0 Å². The number of rotatable bonds is 0. The fourth-order valence-electron chi connectivity index (χ4n) is 0.0707. The Morgan fingerprint density at radius 3 is 2.25 bits per heavy atom. The van der Waals surface area contributed by atoms with Gasteiger partial charge in [0.05, 0.1) is 0 Å². The van der Waals surface area contributed by atoms with E-state index in [9.17, 15) is 0 Å². The molecular weight excluding hydrogens is 67.8 g/mol. The van der Waals surface area contributed by atoms with E-state index in [1.165, 1.54) is 7.13 Å². The van der Waals surface area contributed by atoms with Crippen LogP contribution in [0.3, 0.4) is 0 Å². The minimum atomic E-state index is 1.14. The van der Waals surface area contributed by atoms with E-state index < -0.39 is 0 Å². The van der Waals surface area contributed by atoms with Gasteiger partial charge in [-0.1, -0.05) is 8.61 Å². The quantitative estimate of drug-likeness (QED) is 0.218. The topological polar surface area (TPSA) is 3.01 Å². The molecule has 0 saturated carbocycles. The van der Waals surface area contributed by atoms with Crippen LogP contribution >= 0.6 is 8.61 Å². The standard InChI is InChI=1S/CH5BNP/c1-3-2-4-3/h2,4H,1H3. The minimum absolute atomic E-state index is 1.14. The third-order valence-corrected chi connectivity index (χ3v) is 1.42. The highest BCUT2D eigenvalue weighted by Gasteiger charge is 2.11. The zero-order valence-electron chi connectivity index (χ0n) is 2.65. The lowest BCUT2D eigenvalue weighted by Gasteiger charge is -1.67. The highest BCUT2D eigenvalue weighted by molar-refractivity contribution is 7.82. The van der Waals surface area contributed by atoms with E-state index >= 15 is 0 Å². The van der Waals surface area contributed by atoms with E-state index in [2.05, 4.69) is 11.6 Å². The SMILES string of the molecule is CN1BP1. The summed E-state index contributed by atoms with van der Waals surface area (Å²) in [4.78, 5) is 0. The Balaban J connectivity index is 2.17. The third-order valence-electron chi connectivity index (χ3n) is 0.474. The molecule has 2 atom stereocenters. The first kappa shape index (κ1) is 2.68. The van der Waals surface area contributed by atoms with Crippen molar-refractivity contribution < 1.29 is 0 Å². The average Bonchev–Trinajstić information content (AvgIpc) is 1.75. The second-order valence-electron chi connectivity index (χ2n) is 1.01. The van der Waals surface area contributed by atoms with Crippen LogP contribution in [-0.4, -0.2) is 18.8 Å². The van der Waals surface area contributed by atoms with Gasteiger partial charge in [-0.05, 0) is 7.05 Å². The van der Waals surface area contributed by atoms with Gasteiger partial charge in [-0.25, -0.2) is 0 Å². The van der Waals surface area contributed by atoms with Crippen LogP contribution in [0.2, 0.25) is 0 Å². The molecule has 1 heterocycles. The van der Waals surface area contributed by atoms with Crippen LogP contribution < -0.4 is 0 Å². The van der Waals surface area contributed by atoms with Crippen LogP contribution in [0, 0.1) is 0 Å². The molecule has 0 aliphatic carbocycles. The molecule has 1 saturated heterocycles. The lowest BCUT2D eigenvalue weighted by molar-refractivity contribution is 0.963. The lowest BCUT2D eigenvalue weighted by Crippen LogP contribution is -1.74. The molecule has 1 fully saturated rings. The van der Waals surface area contributed by atoms with Gasteiger partial charge in [-0.15, -0.1) is 0 Å². The Labute approximate surface area is 28.4 Å². The number of nitrogens with zero attached hydrogens (tertiary/aromatic N) is 1. The van der Waals surface area contributed by atoms with Crippen LogP contribution in [0.25, 0.3) is 0 Å². The van der Waals surface area contributed by atoms with Crippen molar-refractivity contribution in [1.29, 1.82) is 0 Å². The van der Waals surface area contributed by atoms with Crippen molar-refractivity contribution in [2.75, 3.05) is 7.05 Å². The van der Waals surface area contributed by atoms with Crippen LogP contribution in [0.4, 0.5) is 0 Å². The van der Waals surface area contributed by atoms with E-state index in [0.29, 0.717) is 0 Å². The molecule has 0 spiro atoms. The number of hydrogen-bond donors (Lipinski definition) is 0. The second-order valence-corrected chi connectivity index (χ2v) is 2.41. The molecule has 3 heteroatoms. The van der Waals surface area contributed by atoms with E-state index in [4.69, 9.17) is 0 Å². The Morgan fingerprint density at radius 1 is 2.00 bits per heavy atom. The number of hydrogen-bond acceptors (Lipinski definition) is 1. The molecule has 2 unspecified atom stereocenters. The Morgan fingerprint density at radius 2 is 2.25 bits per heavy atom. The maximum Gasteiger partial charge on any atom is 0.248 e. The van der Waals surface area contributed by atoms with Gasteiger partial charge < -0.3 is 4.58 Å². The zero-order valence-corrected chi connectivity index (χ0v) is 3.65. The molecule has 0 bridgehead atoms. The van der Waals surface area contributed by atoms with Crippen LogP contribution in [0.5, 0.6) is 0 Å². The van der Waals surface area contributed by atoms with Gasteiger partial charge in [0.25, 0.3) is 0 Å². The van der Waals surface area contributed by atoms with Gasteiger partial charge in [0, 0.05) is 0 Å². The molecule has 1 rings (SSSR count). The van der Waals surface area contributed by atoms with Crippen molar-refractivity contribution in [3.05, 3.63) is 0 Å². The summed E-state index contributed by atoms with van der Waals surface area (Å²) in [7, 11) is 4.61. The fourth-order valence-corrected chi connectivity index (χ4v) is 0.212. The molecule has 0 amide bonds. The van der Waals surface area contributed by atoms with Crippen molar-refractivity contribution in [3.8, 4) is 0 Å². The summed E-state index contributed by atoms with van der Waals surface area (Å²) in [5, 5.41) is 0. The molecule has 4 heavy (non-hydrogen) atoms. The van der Waals surface area contributed by atoms with Gasteiger partial charge in [-0.2, -0.15) is 0 Å². The maximum atomic E-state index is 2.28. The molecule has 0 radical (unpaired) electrons. The molecule has 0 aromatic rings. The van der Waals surface area contributed by atoms with E-state index in [-0.39, 0.29) is 0 Å². The molecular formula is CH5BNP. The lowest BCUT2D eigenvalue weighted by atomic mass is 10.4. The van der Waals surface area contributed by atoms with Crippen molar-refractivity contribution in [3.63, 3.8) is 0 Å². The van der Waals surface area contributed by atoms with Crippen molar-refractivity contribution in [2.24, 2.45) is 0 Å². The summed E-state index contributed by atoms with van der Waals surface area (Å²) in [6, 6.07) is 0. The summed E-state index contributed by atoms with van der Waals surface area (Å²) in [5.74, 6) is 0. The van der Waals surface area contributed by atoms with Crippen LogP contribution in [0.1, 0.15) is 0 Å². The minimum Gasteiger partial charge on any atom is -0.330 e. The first-order valence-corrected chi connectivity index (χ1v) is 2.49. The average molecular weight is 72.8 g/mol. The highest BCUT2D eigenvalue weighted by atomic mass is 31.1. The van der Waals surface area contributed by atoms with Crippen LogP contribution in [-0.2, 0) is 0 Å². The summed E-state index contributed by atoms with van der Waals surface area (Å²) in [5.41, 5.74) is 0. The zero-order chi connectivity index (χ0) is 2.99. The summed E-state index contributed by atoms with van der Waals surface area (Å²) < 4.78 is 2.28. The fraction of sp³-hybridized carbons (Fsp3) is 1.00. The third kappa shape index (κ3) is 0.435. The maximum absolute atomic E-state index is 2.28. The molecule has 0 aromatic heterocycles. The van der Waals surface area contributed by atoms with E-state index in [0.717, 1.165) is 8.61 Å². The Hall–Kier alpha value is 0.455. The second kappa shape index (κ2) is 0.700. The molecule has 0 N–H and O–H groups in total. The smallest absolute Gasteiger partial charge is 0.248 e. The van der Waals surface area contributed by atoms with Crippen molar-refractivity contribution in [1.82, 2.24) is 4.58 Å². The predicted octanol–water partition coefficient (Wildman–Crippen LogP) is -0.208. The molecule has 1 aliphatic heterocycles. The van der Waals surface area contributed by atoms with Crippen molar-refractivity contribution in [2.45, 2.75) is 0 Å². The normalized spacial score (nSPS) is 43.8. The Kier molecular flexibility index (Phi) is 0.469. The van der Waals surface area contributed by atoms with E-state index in [1.807, 2.05) is 0 Å². The van der Waals surface area contributed by atoms with E-state index in [1.54, 1.807) is 0 Å². The highest BCUT2D eigenvalue weighted by Crippen LogP contribution is 2.28. The van der Waals surface area contributed by atoms with Gasteiger partial charge in [0.2, 0.25) is 7.13 Å². The van der Waals surface area contributed by atoms with Crippen molar-refractivity contribution >= 4 is 15.7 Å². The molecule has 1 aliphatic rings. The van der Waals surface area contributed by atoms with Crippen LogP contribution in [0.15, 0.2) is 0 Å². The first-order chi connectivity index (χ1) is 1.89. The summed E-state index contributed by atoms with van der Waals surface area (Å²) >= 11 is 0. The molecule has 22 valence electrons. The monoisotopic (exact) mass is 73.0 g/mol. The largest absolute Gasteiger partial charge is 0.330 e. The summed E-state index contributed by atoms with van der Waals surface area (Å²) in [6.45, 7) is 0. The predicted molar refractivity (Wildman–Crippen MR) is 23.2 cm³/mol. The van der Waals surface area contributed by atoms with Gasteiger partial charge in [0.1, 0.15) is 0 Å².